The highest BCUT2D eigenvalue weighted by Gasteiger charge is 2.23. The lowest BCUT2D eigenvalue weighted by molar-refractivity contribution is -0.145. The van der Waals surface area contributed by atoms with Crippen LogP contribution in [0.3, 0.4) is 0 Å². The molecular weight excluding hydrogens is 336 g/mol. The first kappa shape index (κ1) is 19.8. The molecule has 1 atom stereocenters. The van der Waals surface area contributed by atoms with Gasteiger partial charge in [-0.2, -0.15) is 0 Å². The van der Waals surface area contributed by atoms with Gasteiger partial charge in [0.15, 0.2) is 6.61 Å². The van der Waals surface area contributed by atoms with Crippen molar-refractivity contribution < 1.29 is 23.9 Å². The standard InChI is InChI=1S/C16H21ClN2O5/c1-9(2)6-13(16(22)23-3)19-14(20)8-24-15(21)10-4-5-11(17)12(18)7-10/h4-5,7,9,13H,6,8,18H2,1-3H3,(H,19,20)/t13-/m0/s1. The molecule has 0 aliphatic rings. The number of carbonyl (C=O) groups is 3. The molecular formula is C16H21ClN2O5. The first-order chi connectivity index (χ1) is 11.2. The highest BCUT2D eigenvalue weighted by molar-refractivity contribution is 6.33. The third-order valence-corrected chi connectivity index (χ3v) is 3.44. The van der Waals surface area contributed by atoms with Gasteiger partial charge in [0.1, 0.15) is 6.04 Å². The lowest BCUT2D eigenvalue weighted by Crippen LogP contribution is -2.44. The maximum absolute atomic E-state index is 11.9. The van der Waals surface area contributed by atoms with Crippen molar-refractivity contribution in [2.24, 2.45) is 5.92 Å². The Morgan fingerprint density at radius 2 is 1.96 bits per heavy atom. The van der Waals surface area contributed by atoms with Gasteiger partial charge >= 0.3 is 11.9 Å². The zero-order chi connectivity index (χ0) is 18.3. The molecule has 24 heavy (non-hydrogen) atoms. The zero-order valence-corrected chi connectivity index (χ0v) is 14.6. The number of anilines is 1. The largest absolute Gasteiger partial charge is 0.467 e. The summed E-state index contributed by atoms with van der Waals surface area (Å²) in [4.78, 5) is 35.4. The normalized spacial score (nSPS) is 11.7. The molecule has 7 nitrogen and oxygen atoms in total. The van der Waals surface area contributed by atoms with Crippen LogP contribution in [-0.4, -0.2) is 37.6 Å². The van der Waals surface area contributed by atoms with Crippen molar-refractivity contribution >= 4 is 35.1 Å². The van der Waals surface area contributed by atoms with Crippen molar-refractivity contribution in [3.05, 3.63) is 28.8 Å². The molecule has 0 aromatic heterocycles. The van der Waals surface area contributed by atoms with E-state index in [2.05, 4.69) is 10.1 Å². The molecule has 0 aliphatic heterocycles. The number of nitrogen functional groups attached to an aromatic ring is 1. The number of carbonyl (C=O) groups excluding carboxylic acids is 3. The third-order valence-electron chi connectivity index (χ3n) is 3.09. The Morgan fingerprint density at radius 3 is 2.50 bits per heavy atom. The molecule has 1 rings (SSSR count). The van der Waals surface area contributed by atoms with Gasteiger partial charge in [-0.05, 0) is 30.5 Å². The first-order valence-corrected chi connectivity index (χ1v) is 7.71. The van der Waals surface area contributed by atoms with E-state index in [-0.39, 0.29) is 17.2 Å². The number of hydrogen-bond acceptors (Lipinski definition) is 6. The molecule has 1 aromatic carbocycles. The minimum absolute atomic E-state index is 0.175. The molecule has 132 valence electrons. The van der Waals surface area contributed by atoms with Crippen LogP contribution in [0.1, 0.15) is 30.6 Å². The second-order valence-electron chi connectivity index (χ2n) is 5.59. The molecule has 8 heteroatoms. The number of nitrogens with one attached hydrogen (secondary N) is 1. The highest BCUT2D eigenvalue weighted by atomic mass is 35.5. The smallest absolute Gasteiger partial charge is 0.338 e. The summed E-state index contributed by atoms with van der Waals surface area (Å²) in [5, 5.41) is 2.81. The van der Waals surface area contributed by atoms with E-state index in [1.807, 2.05) is 13.8 Å². The predicted molar refractivity (Wildman–Crippen MR) is 89.5 cm³/mol. The van der Waals surface area contributed by atoms with E-state index in [0.29, 0.717) is 11.4 Å². The number of amides is 1. The summed E-state index contributed by atoms with van der Waals surface area (Å²) in [6.07, 6.45) is 0.417. The van der Waals surface area contributed by atoms with Crippen LogP contribution in [-0.2, 0) is 19.1 Å². The molecule has 1 aromatic rings. The van der Waals surface area contributed by atoms with Gasteiger partial charge in [0.05, 0.1) is 23.4 Å². The summed E-state index contributed by atoms with van der Waals surface area (Å²) in [6.45, 7) is 3.30. The SMILES string of the molecule is COC(=O)[C@H](CC(C)C)NC(=O)COC(=O)c1ccc(Cl)c(N)c1. The quantitative estimate of drug-likeness (QED) is 0.569. The molecule has 0 saturated heterocycles. The van der Waals surface area contributed by atoms with Gasteiger partial charge in [-0.15, -0.1) is 0 Å². The molecule has 0 radical (unpaired) electrons. The van der Waals surface area contributed by atoms with Crippen molar-refractivity contribution in [1.29, 1.82) is 0 Å². The molecule has 0 fully saturated rings. The molecule has 0 heterocycles. The van der Waals surface area contributed by atoms with Crippen molar-refractivity contribution in [2.75, 3.05) is 19.5 Å². The maximum Gasteiger partial charge on any atom is 0.338 e. The van der Waals surface area contributed by atoms with E-state index in [4.69, 9.17) is 22.1 Å². The predicted octanol–water partition coefficient (Wildman–Crippen LogP) is 1.78. The fourth-order valence-corrected chi connectivity index (χ4v) is 2.07. The maximum atomic E-state index is 11.9. The van der Waals surface area contributed by atoms with Crippen LogP contribution in [0.4, 0.5) is 5.69 Å². The Bertz CT molecular complexity index is 618. The Hall–Kier alpha value is -2.28. The van der Waals surface area contributed by atoms with Crippen molar-refractivity contribution in [1.82, 2.24) is 5.32 Å². The van der Waals surface area contributed by atoms with Crippen LogP contribution in [0.2, 0.25) is 5.02 Å². The summed E-state index contributed by atoms with van der Waals surface area (Å²) >= 11 is 5.77. The highest BCUT2D eigenvalue weighted by Crippen LogP contribution is 2.19. The van der Waals surface area contributed by atoms with Gasteiger partial charge in [-0.25, -0.2) is 9.59 Å². The van der Waals surface area contributed by atoms with Gasteiger partial charge in [-0.3, -0.25) is 4.79 Å². The van der Waals surface area contributed by atoms with Gasteiger partial charge in [0.2, 0.25) is 0 Å². The molecule has 0 bridgehead atoms. The second-order valence-corrected chi connectivity index (χ2v) is 5.99. The minimum Gasteiger partial charge on any atom is -0.467 e. The average Bonchev–Trinajstić information content (AvgIpc) is 2.53. The van der Waals surface area contributed by atoms with Crippen molar-refractivity contribution in [3.8, 4) is 0 Å². The van der Waals surface area contributed by atoms with E-state index in [9.17, 15) is 14.4 Å². The van der Waals surface area contributed by atoms with E-state index < -0.39 is 30.5 Å². The van der Waals surface area contributed by atoms with Gasteiger partial charge in [0.25, 0.3) is 5.91 Å². The number of benzene rings is 1. The summed E-state index contributed by atoms with van der Waals surface area (Å²) in [7, 11) is 1.24. The molecule has 3 N–H and O–H groups in total. The van der Waals surface area contributed by atoms with E-state index in [1.54, 1.807) is 0 Å². The molecule has 0 saturated carbocycles. The lowest BCUT2D eigenvalue weighted by Gasteiger charge is -2.18. The van der Waals surface area contributed by atoms with Crippen molar-refractivity contribution in [3.63, 3.8) is 0 Å². The molecule has 0 aliphatic carbocycles. The summed E-state index contributed by atoms with van der Waals surface area (Å²) in [5.74, 6) is -1.68. The molecule has 1 amide bonds. The second kappa shape index (κ2) is 9.12. The van der Waals surface area contributed by atoms with E-state index >= 15 is 0 Å². The van der Waals surface area contributed by atoms with Crippen LogP contribution in [0.25, 0.3) is 0 Å². The number of esters is 2. The molecule has 0 unspecified atom stereocenters. The van der Waals surface area contributed by atoms with Crippen LogP contribution in [0.15, 0.2) is 18.2 Å². The number of nitrogens with two attached hydrogens (primary N) is 1. The fraction of sp³-hybridized carbons (Fsp3) is 0.438. The number of rotatable bonds is 7. The lowest BCUT2D eigenvalue weighted by atomic mass is 10.0. The number of hydrogen-bond donors (Lipinski definition) is 2. The average molecular weight is 357 g/mol. The Morgan fingerprint density at radius 1 is 1.29 bits per heavy atom. The summed E-state index contributed by atoms with van der Waals surface area (Å²) in [6, 6.07) is 3.48. The zero-order valence-electron chi connectivity index (χ0n) is 13.8. The summed E-state index contributed by atoms with van der Waals surface area (Å²) in [5.41, 5.74) is 6.02. The number of ether oxygens (including phenoxy) is 2. The van der Waals surface area contributed by atoms with Crippen molar-refractivity contribution in [2.45, 2.75) is 26.3 Å². The topological polar surface area (TPSA) is 108 Å². The van der Waals surface area contributed by atoms with Crippen LogP contribution >= 0.6 is 11.6 Å². The van der Waals surface area contributed by atoms with Gasteiger partial charge in [0, 0.05) is 0 Å². The van der Waals surface area contributed by atoms with Gasteiger partial charge in [-0.1, -0.05) is 25.4 Å². The fourth-order valence-electron chi connectivity index (χ4n) is 1.95. The number of halogens is 1. The Kier molecular flexibility index (Phi) is 7.51. The summed E-state index contributed by atoms with van der Waals surface area (Å²) < 4.78 is 9.55. The van der Waals surface area contributed by atoms with E-state index in [1.165, 1.54) is 25.3 Å². The van der Waals surface area contributed by atoms with Gasteiger partial charge < -0.3 is 20.5 Å². The third kappa shape index (κ3) is 6.08. The Labute approximate surface area is 145 Å². The van der Waals surface area contributed by atoms with Crippen LogP contribution in [0.5, 0.6) is 0 Å². The number of methoxy groups -OCH3 is 1. The van der Waals surface area contributed by atoms with Crippen LogP contribution < -0.4 is 11.1 Å². The molecule has 0 spiro atoms. The van der Waals surface area contributed by atoms with E-state index in [0.717, 1.165) is 0 Å². The Balaban J connectivity index is 2.58. The monoisotopic (exact) mass is 356 g/mol. The first-order valence-electron chi connectivity index (χ1n) is 7.34. The van der Waals surface area contributed by atoms with Crippen LogP contribution in [0, 0.1) is 5.92 Å². The minimum atomic E-state index is -0.785.